The fraction of sp³-hybridized carbons (Fsp3) is 0.125. The molecule has 0 aliphatic carbocycles. The van der Waals surface area contributed by atoms with Crippen molar-refractivity contribution < 1.29 is 18.0 Å². The number of carbonyl (C=O) groups excluding carboxylic acids is 1. The second kappa shape index (κ2) is 8.66. The highest BCUT2D eigenvalue weighted by molar-refractivity contribution is 5.93. The van der Waals surface area contributed by atoms with Gasteiger partial charge in [-0.15, -0.1) is 0 Å². The lowest BCUT2D eigenvalue weighted by atomic mass is 10.1. The molecule has 0 aliphatic rings. The molecule has 0 unspecified atom stereocenters. The van der Waals surface area contributed by atoms with Gasteiger partial charge in [-0.25, -0.2) is 4.79 Å². The molecule has 5 nitrogen and oxygen atoms in total. The van der Waals surface area contributed by atoms with E-state index >= 15 is 0 Å². The Bertz CT molecular complexity index is 1330. The Morgan fingerprint density at radius 2 is 1.66 bits per heavy atom. The molecule has 0 saturated heterocycles. The standard InChI is InChI=1S/C24H18F3N3O2/c25-24(26,27)18-10-6-7-16(13-18)14-28-21(31)15-30-20-12-5-4-11-19(20)22(29-23(30)32)17-8-2-1-3-9-17/h1-13H,14-15H2,(H,28,31). The maximum absolute atomic E-state index is 12.9. The summed E-state index contributed by atoms with van der Waals surface area (Å²) in [7, 11) is 0. The van der Waals surface area contributed by atoms with Crippen molar-refractivity contribution in [3.8, 4) is 11.3 Å². The van der Waals surface area contributed by atoms with Crippen LogP contribution in [0.25, 0.3) is 22.2 Å². The molecule has 1 aromatic heterocycles. The Morgan fingerprint density at radius 1 is 0.938 bits per heavy atom. The van der Waals surface area contributed by atoms with E-state index in [0.29, 0.717) is 22.2 Å². The molecule has 0 spiro atoms. The van der Waals surface area contributed by atoms with Crippen LogP contribution in [0.4, 0.5) is 13.2 Å². The average Bonchev–Trinajstić information content (AvgIpc) is 2.79. The quantitative estimate of drug-likeness (QED) is 0.504. The largest absolute Gasteiger partial charge is 0.416 e. The highest BCUT2D eigenvalue weighted by Gasteiger charge is 2.30. The van der Waals surface area contributed by atoms with Crippen LogP contribution in [0.3, 0.4) is 0 Å². The first kappa shape index (κ1) is 21.3. The van der Waals surface area contributed by atoms with Crippen molar-refractivity contribution in [2.24, 2.45) is 0 Å². The van der Waals surface area contributed by atoms with Crippen molar-refractivity contribution >= 4 is 16.8 Å². The summed E-state index contributed by atoms with van der Waals surface area (Å²) in [4.78, 5) is 29.4. The molecule has 1 heterocycles. The summed E-state index contributed by atoms with van der Waals surface area (Å²) in [6, 6.07) is 21.1. The molecule has 0 saturated carbocycles. The van der Waals surface area contributed by atoms with Crippen LogP contribution in [0, 0.1) is 0 Å². The number of hydrogen-bond acceptors (Lipinski definition) is 3. The van der Waals surface area contributed by atoms with Crippen LogP contribution >= 0.6 is 0 Å². The van der Waals surface area contributed by atoms with E-state index in [-0.39, 0.29) is 13.1 Å². The Morgan fingerprint density at radius 3 is 2.41 bits per heavy atom. The van der Waals surface area contributed by atoms with Crippen molar-refractivity contribution in [1.82, 2.24) is 14.9 Å². The van der Waals surface area contributed by atoms with Gasteiger partial charge in [0.2, 0.25) is 5.91 Å². The van der Waals surface area contributed by atoms with Crippen molar-refractivity contribution in [3.63, 3.8) is 0 Å². The minimum atomic E-state index is -4.46. The van der Waals surface area contributed by atoms with Crippen molar-refractivity contribution in [2.45, 2.75) is 19.3 Å². The first-order valence-electron chi connectivity index (χ1n) is 9.81. The van der Waals surface area contributed by atoms with E-state index < -0.39 is 23.3 Å². The number of alkyl halides is 3. The monoisotopic (exact) mass is 437 g/mol. The summed E-state index contributed by atoms with van der Waals surface area (Å²) in [5.41, 5.74) is 0.779. The third-order valence-electron chi connectivity index (χ3n) is 4.98. The van der Waals surface area contributed by atoms with Crippen LogP contribution in [-0.2, 0) is 24.1 Å². The zero-order valence-electron chi connectivity index (χ0n) is 16.8. The Balaban J connectivity index is 1.58. The van der Waals surface area contributed by atoms with E-state index in [1.807, 2.05) is 42.5 Å². The molecule has 0 aliphatic heterocycles. The van der Waals surface area contributed by atoms with Crippen LogP contribution in [-0.4, -0.2) is 15.5 Å². The fourth-order valence-electron chi connectivity index (χ4n) is 3.46. The van der Waals surface area contributed by atoms with Gasteiger partial charge < -0.3 is 5.32 Å². The molecule has 3 aromatic carbocycles. The molecule has 4 rings (SSSR count). The number of para-hydroxylation sites is 1. The zero-order chi connectivity index (χ0) is 22.7. The molecule has 32 heavy (non-hydrogen) atoms. The summed E-state index contributed by atoms with van der Waals surface area (Å²) >= 11 is 0. The number of nitrogens with zero attached hydrogens (tertiary/aromatic N) is 2. The van der Waals surface area contributed by atoms with Gasteiger partial charge in [-0.05, 0) is 23.8 Å². The third-order valence-corrected chi connectivity index (χ3v) is 4.98. The predicted molar refractivity (Wildman–Crippen MR) is 115 cm³/mol. The van der Waals surface area contributed by atoms with E-state index in [9.17, 15) is 22.8 Å². The van der Waals surface area contributed by atoms with Gasteiger partial charge in [-0.2, -0.15) is 18.2 Å². The number of hydrogen-bond donors (Lipinski definition) is 1. The molecule has 1 amide bonds. The Kier molecular flexibility index (Phi) is 5.77. The highest BCUT2D eigenvalue weighted by atomic mass is 19.4. The lowest BCUT2D eigenvalue weighted by Crippen LogP contribution is -2.33. The molecule has 0 fully saturated rings. The van der Waals surface area contributed by atoms with E-state index in [2.05, 4.69) is 10.3 Å². The Hall–Kier alpha value is -3.94. The van der Waals surface area contributed by atoms with Gasteiger partial charge in [-0.1, -0.05) is 60.7 Å². The normalized spacial score (nSPS) is 11.5. The molecule has 0 atom stereocenters. The fourth-order valence-corrected chi connectivity index (χ4v) is 3.46. The van der Waals surface area contributed by atoms with Crippen molar-refractivity contribution in [3.05, 3.63) is 100 Å². The maximum Gasteiger partial charge on any atom is 0.416 e. The summed E-state index contributed by atoms with van der Waals surface area (Å²) in [6.45, 7) is -0.397. The van der Waals surface area contributed by atoms with Crippen LogP contribution < -0.4 is 11.0 Å². The van der Waals surface area contributed by atoms with Gasteiger partial charge in [0.1, 0.15) is 6.54 Å². The molecule has 4 aromatic rings. The second-order valence-electron chi connectivity index (χ2n) is 7.19. The van der Waals surface area contributed by atoms with Gasteiger partial charge in [-0.3, -0.25) is 9.36 Å². The number of amides is 1. The number of fused-ring (bicyclic) bond motifs is 1. The third kappa shape index (κ3) is 4.54. The lowest BCUT2D eigenvalue weighted by molar-refractivity contribution is -0.137. The summed E-state index contributed by atoms with van der Waals surface area (Å²) in [5, 5.41) is 3.28. The van der Waals surface area contributed by atoms with E-state index in [1.165, 1.54) is 16.7 Å². The van der Waals surface area contributed by atoms with Gasteiger partial charge in [0.25, 0.3) is 0 Å². The summed E-state index contributed by atoms with van der Waals surface area (Å²) in [6.07, 6.45) is -4.46. The predicted octanol–water partition coefficient (Wildman–Crippen LogP) is 4.40. The molecular weight excluding hydrogens is 419 g/mol. The molecule has 162 valence electrons. The molecule has 8 heteroatoms. The summed E-state index contributed by atoms with van der Waals surface area (Å²) < 4.78 is 39.9. The smallest absolute Gasteiger partial charge is 0.350 e. The van der Waals surface area contributed by atoms with E-state index in [0.717, 1.165) is 17.7 Å². The van der Waals surface area contributed by atoms with Crippen molar-refractivity contribution in [1.29, 1.82) is 0 Å². The minimum absolute atomic E-state index is 0.0923. The first-order valence-corrected chi connectivity index (χ1v) is 9.81. The van der Waals surface area contributed by atoms with Crippen LogP contribution in [0.2, 0.25) is 0 Å². The zero-order valence-corrected chi connectivity index (χ0v) is 16.8. The van der Waals surface area contributed by atoms with Gasteiger partial charge >= 0.3 is 11.9 Å². The molecule has 0 bridgehead atoms. The topological polar surface area (TPSA) is 64.0 Å². The van der Waals surface area contributed by atoms with Gasteiger partial charge in [0, 0.05) is 17.5 Å². The summed E-state index contributed by atoms with van der Waals surface area (Å²) in [5.74, 6) is -0.510. The van der Waals surface area contributed by atoms with E-state index in [1.54, 1.807) is 12.1 Å². The van der Waals surface area contributed by atoms with Crippen LogP contribution in [0.15, 0.2) is 83.7 Å². The minimum Gasteiger partial charge on any atom is -0.350 e. The Labute approximate surface area is 181 Å². The molecule has 1 N–H and O–H groups in total. The second-order valence-corrected chi connectivity index (χ2v) is 7.19. The number of aromatic nitrogens is 2. The lowest BCUT2D eigenvalue weighted by Gasteiger charge is -2.13. The number of rotatable bonds is 5. The van der Waals surface area contributed by atoms with Crippen LogP contribution in [0.1, 0.15) is 11.1 Å². The molecule has 0 radical (unpaired) electrons. The number of halogens is 3. The number of benzene rings is 3. The number of carbonyl (C=O) groups is 1. The molecular formula is C24H18F3N3O2. The van der Waals surface area contributed by atoms with E-state index in [4.69, 9.17) is 0 Å². The van der Waals surface area contributed by atoms with Gasteiger partial charge in [0.05, 0.1) is 16.8 Å². The van der Waals surface area contributed by atoms with Gasteiger partial charge in [0.15, 0.2) is 0 Å². The van der Waals surface area contributed by atoms with Crippen molar-refractivity contribution in [2.75, 3.05) is 0 Å². The first-order chi connectivity index (χ1) is 15.3. The SMILES string of the molecule is O=C(Cn1c(=O)nc(-c2ccccc2)c2ccccc21)NCc1cccc(C(F)(F)F)c1. The average molecular weight is 437 g/mol. The number of nitrogens with one attached hydrogen (secondary N) is 1. The van der Waals surface area contributed by atoms with Crippen LogP contribution in [0.5, 0.6) is 0 Å². The highest BCUT2D eigenvalue weighted by Crippen LogP contribution is 2.29. The maximum atomic E-state index is 12.9.